The van der Waals surface area contributed by atoms with Crippen LogP contribution in [0.4, 0.5) is 10.5 Å². The fourth-order valence-corrected chi connectivity index (χ4v) is 5.75. The van der Waals surface area contributed by atoms with E-state index in [2.05, 4.69) is 23.5 Å². The molecule has 2 aromatic carbocycles. The van der Waals surface area contributed by atoms with Crippen LogP contribution in [0.3, 0.4) is 0 Å². The summed E-state index contributed by atoms with van der Waals surface area (Å²) in [4.78, 5) is 13.9. The highest BCUT2D eigenvalue weighted by atomic mass is 32.2. The number of nitrogens with zero attached hydrogens (tertiary/aromatic N) is 1. The van der Waals surface area contributed by atoms with Crippen molar-refractivity contribution in [2.45, 2.75) is 56.1 Å². The van der Waals surface area contributed by atoms with Gasteiger partial charge in [-0.15, -0.1) is 0 Å². The minimum absolute atomic E-state index is 0.0612. The zero-order chi connectivity index (χ0) is 25.5. The number of carbonyl (C=O) groups excluding carboxylic acids is 1. The molecule has 196 valence electrons. The first-order valence-electron chi connectivity index (χ1n) is 12.6. The standard InChI is InChI=1S/C27H37N3O5S/c1-18(2)15-30(36-21-10-8-20(28)9-11-21)16-24(31)23(14-19-6-4-3-5-7-19)29-27(32)35-25-17-34-26-22(25)12-13-33-26/h3-11,18,22-26,31H,12-17,28H2,1-2H3,(H,29,32)/t22-,23-,24+,25-,26+/m0/s1. The first kappa shape index (κ1) is 26.8. The summed E-state index contributed by atoms with van der Waals surface area (Å²) in [5.74, 6) is 0.457. The molecule has 5 atom stereocenters. The Hall–Kier alpha value is -2.30. The average Bonchev–Trinajstić information content (AvgIpc) is 3.45. The van der Waals surface area contributed by atoms with Crippen molar-refractivity contribution in [3.8, 4) is 0 Å². The molecule has 0 aromatic heterocycles. The number of fused-ring (bicyclic) bond motifs is 1. The monoisotopic (exact) mass is 515 g/mol. The predicted octanol–water partition coefficient (Wildman–Crippen LogP) is 3.69. The van der Waals surface area contributed by atoms with Gasteiger partial charge in [0.1, 0.15) is 6.10 Å². The number of aliphatic hydroxyl groups excluding tert-OH is 1. The molecule has 0 aliphatic carbocycles. The van der Waals surface area contributed by atoms with Gasteiger partial charge in [-0.05, 0) is 60.5 Å². The van der Waals surface area contributed by atoms with Gasteiger partial charge in [0, 0.05) is 23.7 Å². The van der Waals surface area contributed by atoms with E-state index in [1.807, 2.05) is 54.6 Å². The zero-order valence-electron chi connectivity index (χ0n) is 20.9. The number of hydrogen-bond donors (Lipinski definition) is 3. The number of carbonyl (C=O) groups is 1. The summed E-state index contributed by atoms with van der Waals surface area (Å²) in [7, 11) is 0. The van der Waals surface area contributed by atoms with Gasteiger partial charge in [-0.2, -0.15) is 0 Å². The van der Waals surface area contributed by atoms with Crippen LogP contribution in [0.25, 0.3) is 0 Å². The number of alkyl carbamates (subject to hydrolysis) is 1. The number of benzene rings is 2. The second kappa shape index (κ2) is 12.8. The van der Waals surface area contributed by atoms with E-state index in [1.54, 1.807) is 11.9 Å². The van der Waals surface area contributed by atoms with E-state index in [1.165, 1.54) is 0 Å². The number of aliphatic hydroxyl groups is 1. The molecule has 2 heterocycles. The maximum absolute atomic E-state index is 12.9. The number of ether oxygens (including phenoxy) is 3. The molecule has 0 spiro atoms. The Morgan fingerprint density at radius 2 is 1.92 bits per heavy atom. The third-order valence-corrected chi connectivity index (χ3v) is 7.42. The van der Waals surface area contributed by atoms with Crippen molar-refractivity contribution >= 4 is 23.7 Å². The molecule has 2 saturated heterocycles. The number of hydrogen-bond acceptors (Lipinski definition) is 8. The molecule has 2 aliphatic rings. The highest BCUT2D eigenvalue weighted by Crippen LogP contribution is 2.33. The topological polar surface area (TPSA) is 106 Å². The lowest BCUT2D eigenvalue weighted by Crippen LogP contribution is -2.50. The molecule has 4 N–H and O–H groups in total. The Balaban J connectivity index is 1.42. The van der Waals surface area contributed by atoms with Gasteiger partial charge in [-0.25, -0.2) is 9.10 Å². The van der Waals surface area contributed by atoms with Crippen LogP contribution in [0.2, 0.25) is 0 Å². The Labute approximate surface area is 217 Å². The molecule has 2 aromatic rings. The number of nitrogens with one attached hydrogen (secondary N) is 1. The quantitative estimate of drug-likeness (QED) is 0.307. The van der Waals surface area contributed by atoms with Crippen molar-refractivity contribution in [2.24, 2.45) is 11.8 Å². The first-order valence-corrected chi connectivity index (χ1v) is 13.4. The third kappa shape index (κ3) is 7.60. The molecule has 9 heteroatoms. The summed E-state index contributed by atoms with van der Waals surface area (Å²) >= 11 is 1.58. The Morgan fingerprint density at radius 1 is 1.17 bits per heavy atom. The van der Waals surface area contributed by atoms with Crippen LogP contribution in [0.1, 0.15) is 25.8 Å². The van der Waals surface area contributed by atoms with Crippen LogP contribution in [-0.2, 0) is 20.6 Å². The predicted molar refractivity (Wildman–Crippen MR) is 140 cm³/mol. The summed E-state index contributed by atoms with van der Waals surface area (Å²) in [6.45, 7) is 6.37. The molecule has 0 radical (unpaired) electrons. The first-order chi connectivity index (χ1) is 17.4. The largest absolute Gasteiger partial charge is 0.443 e. The van der Waals surface area contributed by atoms with E-state index in [4.69, 9.17) is 19.9 Å². The molecule has 2 fully saturated rings. The minimum Gasteiger partial charge on any atom is -0.443 e. The fourth-order valence-electron chi connectivity index (χ4n) is 4.59. The normalized spacial score (nSPS) is 23.0. The van der Waals surface area contributed by atoms with Crippen molar-refractivity contribution in [3.63, 3.8) is 0 Å². The lowest BCUT2D eigenvalue weighted by atomic mass is 10.0. The Kier molecular flexibility index (Phi) is 9.50. The number of nitrogen functional groups attached to an aromatic ring is 1. The molecular weight excluding hydrogens is 478 g/mol. The van der Waals surface area contributed by atoms with E-state index in [-0.39, 0.29) is 18.3 Å². The molecule has 0 saturated carbocycles. The maximum atomic E-state index is 12.9. The van der Waals surface area contributed by atoms with Crippen LogP contribution in [0.5, 0.6) is 0 Å². The van der Waals surface area contributed by atoms with Gasteiger partial charge in [0.25, 0.3) is 0 Å². The molecule has 8 nitrogen and oxygen atoms in total. The van der Waals surface area contributed by atoms with Crippen LogP contribution in [0, 0.1) is 11.8 Å². The Morgan fingerprint density at radius 3 is 2.64 bits per heavy atom. The van der Waals surface area contributed by atoms with Crippen molar-refractivity contribution in [1.82, 2.24) is 9.62 Å². The average molecular weight is 516 g/mol. The second-order valence-corrected chi connectivity index (χ2v) is 11.0. The van der Waals surface area contributed by atoms with Gasteiger partial charge < -0.3 is 30.4 Å². The van der Waals surface area contributed by atoms with E-state index in [9.17, 15) is 9.90 Å². The van der Waals surface area contributed by atoms with Gasteiger partial charge in [-0.3, -0.25) is 0 Å². The molecular formula is C27H37N3O5S. The van der Waals surface area contributed by atoms with Crippen LogP contribution < -0.4 is 11.1 Å². The lowest BCUT2D eigenvalue weighted by molar-refractivity contribution is -0.0907. The molecule has 0 bridgehead atoms. The van der Waals surface area contributed by atoms with Crippen LogP contribution in [0.15, 0.2) is 59.5 Å². The number of nitrogens with two attached hydrogens (primary N) is 1. The van der Waals surface area contributed by atoms with Crippen molar-refractivity contribution in [2.75, 3.05) is 32.0 Å². The van der Waals surface area contributed by atoms with E-state index < -0.39 is 18.2 Å². The molecule has 0 unspecified atom stereocenters. The maximum Gasteiger partial charge on any atom is 0.407 e. The van der Waals surface area contributed by atoms with Gasteiger partial charge in [0.2, 0.25) is 0 Å². The molecule has 4 rings (SSSR count). The molecule has 36 heavy (non-hydrogen) atoms. The third-order valence-electron chi connectivity index (χ3n) is 6.38. The summed E-state index contributed by atoms with van der Waals surface area (Å²) in [6, 6.07) is 17.0. The molecule has 1 amide bonds. The smallest absolute Gasteiger partial charge is 0.407 e. The van der Waals surface area contributed by atoms with Crippen molar-refractivity contribution < 1.29 is 24.1 Å². The van der Waals surface area contributed by atoms with E-state index in [0.29, 0.717) is 37.8 Å². The second-order valence-electron chi connectivity index (χ2n) is 9.88. The summed E-state index contributed by atoms with van der Waals surface area (Å²) < 4.78 is 19.0. The van der Waals surface area contributed by atoms with Crippen molar-refractivity contribution in [1.29, 1.82) is 0 Å². The summed E-state index contributed by atoms with van der Waals surface area (Å²) in [5, 5.41) is 14.3. The highest BCUT2D eigenvalue weighted by molar-refractivity contribution is 7.97. The number of anilines is 1. The van der Waals surface area contributed by atoms with E-state index in [0.717, 1.165) is 23.4 Å². The summed E-state index contributed by atoms with van der Waals surface area (Å²) in [5.41, 5.74) is 7.57. The summed E-state index contributed by atoms with van der Waals surface area (Å²) in [6.07, 6.45) is -0.701. The number of amides is 1. The minimum atomic E-state index is -0.819. The highest BCUT2D eigenvalue weighted by Gasteiger charge is 2.44. The van der Waals surface area contributed by atoms with Crippen LogP contribution >= 0.6 is 11.9 Å². The zero-order valence-corrected chi connectivity index (χ0v) is 21.7. The van der Waals surface area contributed by atoms with Gasteiger partial charge in [-0.1, -0.05) is 44.2 Å². The lowest BCUT2D eigenvalue weighted by Gasteiger charge is -2.30. The molecule has 2 aliphatic heterocycles. The fraction of sp³-hybridized carbons (Fsp3) is 0.519. The van der Waals surface area contributed by atoms with E-state index >= 15 is 0 Å². The van der Waals surface area contributed by atoms with Gasteiger partial charge in [0.15, 0.2) is 6.29 Å². The van der Waals surface area contributed by atoms with Crippen LogP contribution in [-0.4, -0.2) is 66.3 Å². The number of rotatable bonds is 11. The van der Waals surface area contributed by atoms with Gasteiger partial charge in [0.05, 0.1) is 31.3 Å². The SMILES string of the molecule is CC(C)CN(C[C@@H](O)[C@H](Cc1ccccc1)NC(=O)O[C@H]1CO[C@H]2OCC[C@H]21)Sc1ccc(N)cc1. The van der Waals surface area contributed by atoms with Crippen molar-refractivity contribution in [3.05, 3.63) is 60.2 Å². The Bertz CT molecular complexity index is 962. The van der Waals surface area contributed by atoms with Gasteiger partial charge >= 0.3 is 6.09 Å².